The molecule has 1 aromatic rings. The van der Waals surface area contributed by atoms with Gasteiger partial charge < -0.3 is 20.9 Å². The lowest BCUT2D eigenvalue weighted by molar-refractivity contribution is -0.143. The van der Waals surface area contributed by atoms with Crippen LogP contribution in [0.3, 0.4) is 0 Å². The zero-order chi connectivity index (χ0) is 17.9. The Morgan fingerprint density at radius 1 is 1.40 bits per heavy atom. The summed E-state index contributed by atoms with van der Waals surface area (Å²) in [6.45, 7) is 6.45. The van der Waals surface area contributed by atoms with Crippen molar-refractivity contribution in [2.45, 2.75) is 39.2 Å². The summed E-state index contributed by atoms with van der Waals surface area (Å²) >= 11 is 3.41. The summed E-state index contributed by atoms with van der Waals surface area (Å²) < 4.78 is 6.31. The van der Waals surface area contributed by atoms with Crippen molar-refractivity contribution in [1.82, 2.24) is 11.1 Å². The molecule has 2 atom stereocenters. The molecule has 0 saturated carbocycles. The van der Waals surface area contributed by atoms with Crippen molar-refractivity contribution in [2.24, 2.45) is 11.8 Å². The number of hydrogen-bond donors (Lipinski definition) is 2. The summed E-state index contributed by atoms with van der Waals surface area (Å²) in [4.78, 5) is 25.5. The third kappa shape index (κ3) is 6.32. The van der Waals surface area contributed by atoms with Gasteiger partial charge in [0.1, 0.15) is 5.60 Å². The second-order valence-electron chi connectivity index (χ2n) is 7.25. The van der Waals surface area contributed by atoms with Gasteiger partial charge in [0.05, 0.1) is 5.92 Å². The number of benzene rings is 1. The minimum Gasteiger partial charge on any atom is -0.481 e. The fourth-order valence-electron chi connectivity index (χ4n) is 2.98. The van der Waals surface area contributed by atoms with E-state index in [1.807, 2.05) is 45.0 Å². The lowest BCUT2D eigenvalue weighted by atomic mass is 9.86. The van der Waals surface area contributed by atoms with Gasteiger partial charge in [0, 0.05) is 17.6 Å². The Kier molecular flexibility index (Phi) is 7.44. The summed E-state index contributed by atoms with van der Waals surface area (Å²) in [5.74, 6) is -1.38. The van der Waals surface area contributed by atoms with Crippen LogP contribution in [0.2, 0.25) is 0 Å². The number of halogens is 1. The van der Waals surface area contributed by atoms with E-state index in [2.05, 4.69) is 15.9 Å². The van der Waals surface area contributed by atoms with Gasteiger partial charge in [0.2, 0.25) is 0 Å². The molecule has 1 amide bonds. The first-order chi connectivity index (χ1) is 11.2. The molecule has 0 radical (unpaired) electrons. The number of likely N-dealkylation sites (tertiary alicyclic amines) is 1. The molecule has 1 aliphatic rings. The Morgan fingerprint density at radius 3 is 2.64 bits per heavy atom. The highest BCUT2D eigenvalue weighted by atomic mass is 79.9. The number of carboxylic acid groups (broad SMARTS) is 1. The molecule has 1 unspecified atom stereocenters. The molecule has 2 rings (SSSR count). The molecule has 1 fully saturated rings. The number of carbonyl (C=O) groups is 2. The van der Waals surface area contributed by atoms with Crippen LogP contribution in [0.5, 0.6) is 0 Å². The van der Waals surface area contributed by atoms with Crippen LogP contribution in [0.25, 0.3) is 0 Å². The van der Waals surface area contributed by atoms with Crippen molar-refractivity contribution >= 4 is 28.0 Å². The minimum absolute atomic E-state index is 0. The van der Waals surface area contributed by atoms with Gasteiger partial charge >= 0.3 is 12.1 Å². The predicted molar refractivity (Wildman–Crippen MR) is 99.9 cm³/mol. The summed E-state index contributed by atoms with van der Waals surface area (Å²) in [5, 5.41) is 9.63. The number of carbonyl (C=O) groups excluding carboxylic acids is 1. The molecule has 0 spiro atoms. The number of nitrogens with zero attached hydrogens (tertiary/aromatic N) is 1. The summed E-state index contributed by atoms with van der Waals surface area (Å²) in [7, 11) is 0. The fourth-order valence-corrected chi connectivity index (χ4v) is 3.43. The third-order valence-corrected chi connectivity index (χ3v) is 4.60. The summed E-state index contributed by atoms with van der Waals surface area (Å²) in [6, 6.07) is 7.69. The number of rotatable bonds is 4. The van der Waals surface area contributed by atoms with Crippen LogP contribution in [0, 0.1) is 11.8 Å². The highest BCUT2D eigenvalue weighted by Gasteiger charge is 2.37. The Labute approximate surface area is 157 Å². The maximum atomic E-state index is 12.2. The molecule has 0 aromatic heterocycles. The maximum Gasteiger partial charge on any atom is 0.410 e. The van der Waals surface area contributed by atoms with Crippen molar-refractivity contribution in [2.75, 3.05) is 13.1 Å². The molecule has 1 saturated heterocycles. The quantitative estimate of drug-likeness (QED) is 0.771. The van der Waals surface area contributed by atoms with Crippen molar-refractivity contribution in [3.8, 4) is 0 Å². The van der Waals surface area contributed by atoms with Crippen LogP contribution in [0.15, 0.2) is 28.7 Å². The summed E-state index contributed by atoms with van der Waals surface area (Å²) in [5.41, 5.74) is 0.435. The smallest absolute Gasteiger partial charge is 0.410 e. The van der Waals surface area contributed by atoms with Gasteiger partial charge in [-0.25, -0.2) is 4.79 Å². The number of amides is 1. The molecule has 0 aliphatic carbocycles. The van der Waals surface area contributed by atoms with Crippen LogP contribution < -0.4 is 6.15 Å². The number of aliphatic carboxylic acids is 1. The molecule has 140 valence electrons. The number of hydrogen-bond acceptors (Lipinski definition) is 4. The van der Waals surface area contributed by atoms with Crippen LogP contribution in [-0.4, -0.2) is 40.8 Å². The van der Waals surface area contributed by atoms with Gasteiger partial charge in [-0.05, 0) is 57.2 Å². The van der Waals surface area contributed by atoms with E-state index in [9.17, 15) is 14.7 Å². The van der Waals surface area contributed by atoms with E-state index in [-0.39, 0.29) is 18.2 Å². The molecule has 1 aliphatic heterocycles. The third-order valence-electron chi connectivity index (χ3n) is 4.11. The molecule has 6 nitrogen and oxygen atoms in total. The molecule has 25 heavy (non-hydrogen) atoms. The van der Waals surface area contributed by atoms with E-state index >= 15 is 0 Å². The maximum absolute atomic E-state index is 12.2. The largest absolute Gasteiger partial charge is 0.481 e. The summed E-state index contributed by atoms with van der Waals surface area (Å²) in [6.07, 6.45) is 0.780. The van der Waals surface area contributed by atoms with Crippen molar-refractivity contribution in [3.05, 3.63) is 34.3 Å². The average molecular weight is 415 g/mol. The van der Waals surface area contributed by atoms with Crippen LogP contribution in [0.4, 0.5) is 4.79 Å². The first kappa shape index (κ1) is 21.4. The molecule has 1 heterocycles. The van der Waals surface area contributed by atoms with Crippen molar-refractivity contribution < 1.29 is 19.4 Å². The Hall–Kier alpha value is -1.60. The second-order valence-corrected chi connectivity index (χ2v) is 8.17. The Bertz CT molecular complexity index is 615. The minimum atomic E-state index is -0.814. The molecule has 7 heteroatoms. The van der Waals surface area contributed by atoms with Crippen LogP contribution in [-0.2, 0) is 16.0 Å². The fraction of sp³-hybridized carbons (Fsp3) is 0.556. The SMILES string of the molecule is CC(C)(C)OC(=O)N1CC[C@@H](C(Cc2cccc(Br)c2)C(=O)O)C1.N. The molecular formula is C18H27BrN2O4. The normalized spacial score (nSPS) is 18.4. The monoisotopic (exact) mass is 414 g/mol. The first-order valence-electron chi connectivity index (χ1n) is 8.11. The number of ether oxygens (including phenoxy) is 1. The topological polar surface area (TPSA) is 102 Å². The van der Waals surface area contributed by atoms with Gasteiger partial charge in [-0.2, -0.15) is 0 Å². The number of carboxylic acids is 1. The van der Waals surface area contributed by atoms with E-state index in [4.69, 9.17) is 4.74 Å². The average Bonchev–Trinajstić information content (AvgIpc) is 2.92. The zero-order valence-corrected chi connectivity index (χ0v) is 16.6. The first-order valence-corrected chi connectivity index (χ1v) is 8.90. The highest BCUT2D eigenvalue weighted by Crippen LogP contribution is 2.29. The van der Waals surface area contributed by atoms with Gasteiger partial charge in [-0.15, -0.1) is 0 Å². The standard InChI is InChI=1S/C18H24BrNO4.H3N/c1-18(2,3)24-17(23)20-8-7-13(11-20)15(16(21)22)10-12-5-4-6-14(19)9-12;/h4-6,9,13,15H,7-8,10-11H2,1-3H3,(H,21,22);1H3/t13-,15?;/m1./s1. The second kappa shape index (κ2) is 8.67. The van der Waals surface area contributed by atoms with E-state index in [0.717, 1.165) is 10.0 Å². The van der Waals surface area contributed by atoms with Crippen LogP contribution >= 0.6 is 15.9 Å². The van der Waals surface area contributed by atoms with Crippen molar-refractivity contribution in [1.29, 1.82) is 0 Å². The zero-order valence-electron chi connectivity index (χ0n) is 15.0. The van der Waals surface area contributed by atoms with Gasteiger partial charge in [-0.3, -0.25) is 4.79 Å². The van der Waals surface area contributed by atoms with E-state index in [1.54, 1.807) is 4.90 Å². The van der Waals surface area contributed by atoms with Crippen molar-refractivity contribution in [3.63, 3.8) is 0 Å². The predicted octanol–water partition coefficient (Wildman–Crippen LogP) is 4.11. The highest BCUT2D eigenvalue weighted by molar-refractivity contribution is 9.10. The Morgan fingerprint density at radius 2 is 2.08 bits per heavy atom. The molecule has 1 aromatic carbocycles. The lowest BCUT2D eigenvalue weighted by Crippen LogP contribution is -2.36. The molecule has 0 bridgehead atoms. The Balaban J connectivity index is 0.00000312. The van der Waals surface area contributed by atoms with Crippen LogP contribution in [0.1, 0.15) is 32.8 Å². The van der Waals surface area contributed by atoms with Gasteiger partial charge in [0.25, 0.3) is 0 Å². The molecule has 4 N–H and O–H groups in total. The van der Waals surface area contributed by atoms with Gasteiger partial charge in [-0.1, -0.05) is 28.1 Å². The van der Waals surface area contributed by atoms with E-state index in [1.165, 1.54) is 0 Å². The van der Waals surface area contributed by atoms with E-state index in [0.29, 0.717) is 25.9 Å². The lowest BCUT2D eigenvalue weighted by Gasteiger charge is -2.25. The van der Waals surface area contributed by atoms with E-state index < -0.39 is 17.5 Å². The van der Waals surface area contributed by atoms with Gasteiger partial charge in [0.15, 0.2) is 0 Å². The molecular weight excluding hydrogens is 388 g/mol.